The molecule has 1 aliphatic rings. The maximum absolute atomic E-state index is 13.6. The van der Waals surface area contributed by atoms with Gasteiger partial charge in [0.1, 0.15) is 18.3 Å². The van der Waals surface area contributed by atoms with Crippen molar-refractivity contribution in [2.75, 3.05) is 55.5 Å². The molecule has 1 aliphatic carbocycles. The van der Waals surface area contributed by atoms with E-state index in [4.69, 9.17) is 15.5 Å². The SMILES string of the molecule is CCCN(c1cc(C(=O)N[C@@H](Cc2ccccc2)C(N)CF)cc(N(CCOC)CC2CC2C)n1)S(C)(=O)=O. The fourth-order valence-corrected chi connectivity index (χ4v) is 5.50. The van der Waals surface area contributed by atoms with Crippen molar-refractivity contribution in [1.29, 1.82) is 0 Å². The number of pyridine rings is 1. The van der Waals surface area contributed by atoms with Gasteiger partial charge in [-0.15, -0.1) is 0 Å². The normalized spacial score (nSPS) is 18.3. The first kappa shape index (κ1) is 30.8. The largest absolute Gasteiger partial charge is 0.383 e. The summed E-state index contributed by atoms with van der Waals surface area (Å²) in [5.41, 5.74) is 7.21. The smallest absolute Gasteiger partial charge is 0.251 e. The molecule has 2 aromatic rings. The highest BCUT2D eigenvalue weighted by molar-refractivity contribution is 7.92. The van der Waals surface area contributed by atoms with Crippen LogP contribution in [0.2, 0.25) is 0 Å². The molecule has 3 unspecified atom stereocenters. The lowest BCUT2D eigenvalue weighted by Gasteiger charge is -2.28. The Hall–Kier alpha value is -2.76. The van der Waals surface area contributed by atoms with Gasteiger partial charge in [-0.1, -0.05) is 44.2 Å². The highest BCUT2D eigenvalue weighted by Gasteiger charge is 2.35. The van der Waals surface area contributed by atoms with Crippen LogP contribution in [0.15, 0.2) is 42.5 Å². The average Bonchev–Trinajstić information content (AvgIpc) is 3.62. The number of nitrogens with two attached hydrogens (primary N) is 1. The topological polar surface area (TPSA) is 118 Å². The monoisotopic (exact) mass is 563 g/mol. The molecule has 1 heterocycles. The predicted molar refractivity (Wildman–Crippen MR) is 153 cm³/mol. The van der Waals surface area contributed by atoms with Crippen LogP contribution in [-0.4, -0.2) is 77.7 Å². The molecule has 0 radical (unpaired) electrons. The summed E-state index contributed by atoms with van der Waals surface area (Å²) in [5, 5.41) is 2.90. The molecule has 11 heteroatoms. The third-order valence-electron chi connectivity index (χ3n) is 7.07. The Kier molecular flexibility index (Phi) is 11.1. The molecule has 0 saturated heterocycles. The van der Waals surface area contributed by atoms with E-state index in [1.54, 1.807) is 13.2 Å². The van der Waals surface area contributed by atoms with Gasteiger partial charge in [-0.3, -0.25) is 9.10 Å². The fourth-order valence-electron chi connectivity index (χ4n) is 4.55. The summed E-state index contributed by atoms with van der Waals surface area (Å²) < 4.78 is 45.6. The molecule has 3 rings (SSSR count). The van der Waals surface area contributed by atoms with E-state index in [1.807, 2.05) is 42.2 Å². The first-order chi connectivity index (χ1) is 18.6. The van der Waals surface area contributed by atoms with Crippen LogP contribution < -0.4 is 20.3 Å². The maximum atomic E-state index is 13.6. The zero-order chi connectivity index (χ0) is 28.6. The number of aromatic nitrogens is 1. The molecule has 1 aromatic heterocycles. The van der Waals surface area contributed by atoms with E-state index < -0.39 is 34.7 Å². The number of methoxy groups -OCH3 is 1. The van der Waals surface area contributed by atoms with Gasteiger partial charge in [0.2, 0.25) is 10.0 Å². The summed E-state index contributed by atoms with van der Waals surface area (Å²) in [6, 6.07) is 11.0. The summed E-state index contributed by atoms with van der Waals surface area (Å²) in [6.07, 6.45) is 3.15. The molecular formula is C28H42FN5O4S. The molecule has 0 aliphatic heterocycles. The second-order valence-corrected chi connectivity index (χ2v) is 12.3. The molecule has 3 N–H and O–H groups in total. The van der Waals surface area contributed by atoms with Crippen LogP contribution in [0.3, 0.4) is 0 Å². The van der Waals surface area contributed by atoms with Crippen molar-refractivity contribution in [3.05, 3.63) is 53.6 Å². The Labute approximate surface area is 232 Å². The molecule has 0 spiro atoms. The van der Waals surface area contributed by atoms with Crippen molar-refractivity contribution in [3.63, 3.8) is 0 Å². The molecule has 1 fully saturated rings. The number of anilines is 2. The standard InChI is InChI=1S/C28H42FN5O4S/c1-5-11-34(39(4,36)37)27-17-22(16-26(32-27)33(12-13-38-3)19-23-14-20(23)2)28(35)31-25(24(30)18-29)15-21-9-7-6-8-10-21/h6-10,16-17,20,23-25H,5,11-15,18-19,30H2,1-4H3,(H,31,35)/t20?,23?,24?,25-/m0/s1. The fraction of sp³-hybridized carbons (Fsp3) is 0.571. The van der Waals surface area contributed by atoms with Gasteiger partial charge in [-0.2, -0.15) is 0 Å². The number of benzene rings is 1. The third kappa shape index (κ3) is 8.87. The van der Waals surface area contributed by atoms with E-state index in [-0.39, 0.29) is 17.9 Å². The van der Waals surface area contributed by atoms with Gasteiger partial charge in [0.25, 0.3) is 5.91 Å². The first-order valence-electron chi connectivity index (χ1n) is 13.5. The quantitative estimate of drug-likeness (QED) is 0.322. The average molecular weight is 564 g/mol. The van der Waals surface area contributed by atoms with Crippen molar-refractivity contribution in [2.45, 2.75) is 45.2 Å². The molecular weight excluding hydrogens is 521 g/mol. The number of hydrogen-bond donors (Lipinski definition) is 2. The molecule has 1 saturated carbocycles. The maximum Gasteiger partial charge on any atom is 0.251 e. The zero-order valence-electron chi connectivity index (χ0n) is 23.3. The highest BCUT2D eigenvalue weighted by atomic mass is 32.2. The molecule has 1 amide bonds. The number of nitrogens with one attached hydrogen (secondary N) is 1. The van der Waals surface area contributed by atoms with E-state index in [0.717, 1.165) is 24.8 Å². The third-order valence-corrected chi connectivity index (χ3v) is 8.24. The van der Waals surface area contributed by atoms with Crippen LogP contribution in [0.25, 0.3) is 0 Å². The summed E-state index contributed by atoms with van der Waals surface area (Å²) in [7, 11) is -2.04. The number of halogens is 1. The number of sulfonamides is 1. The summed E-state index contributed by atoms with van der Waals surface area (Å²) in [5.74, 6) is 1.27. The summed E-state index contributed by atoms with van der Waals surface area (Å²) in [4.78, 5) is 20.3. The van der Waals surface area contributed by atoms with Gasteiger partial charge in [-0.05, 0) is 48.8 Å². The predicted octanol–water partition coefficient (Wildman–Crippen LogP) is 3.00. The van der Waals surface area contributed by atoms with Gasteiger partial charge in [0, 0.05) is 32.3 Å². The number of nitrogens with zero attached hydrogens (tertiary/aromatic N) is 3. The molecule has 9 nitrogen and oxygen atoms in total. The minimum absolute atomic E-state index is 0.169. The van der Waals surface area contributed by atoms with Crippen LogP contribution in [-0.2, 0) is 21.2 Å². The second kappa shape index (κ2) is 14.0. The Bertz CT molecular complexity index is 1180. The van der Waals surface area contributed by atoms with Crippen LogP contribution in [0, 0.1) is 11.8 Å². The van der Waals surface area contributed by atoms with E-state index >= 15 is 0 Å². The minimum Gasteiger partial charge on any atom is -0.383 e. The van der Waals surface area contributed by atoms with E-state index in [9.17, 15) is 17.6 Å². The number of hydrogen-bond acceptors (Lipinski definition) is 7. The van der Waals surface area contributed by atoms with Crippen LogP contribution in [0.4, 0.5) is 16.0 Å². The first-order valence-corrected chi connectivity index (χ1v) is 15.3. The number of ether oxygens (including phenoxy) is 1. The van der Waals surface area contributed by atoms with Gasteiger partial charge in [0.15, 0.2) is 0 Å². The van der Waals surface area contributed by atoms with Crippen LogP contribution in [0.5, 0.6) is 0 Å². The Balaban J connectivity index is 2.00. The number of rotatable bonds is 16. The lowest BCUT2D eigenvalue weighted by Crippen LogP contribution is -2.50. The summed E-state index contributed by atoms with van der Waals surface area (Å²) >= 11 is 0. The lowest BCUT2D eigenvalue weighted by atomic mass is 10.00. The number of alkyl halides is 1. The Morgan fingerprint density at radius 2 is 1.90 bits per heavy atom. The van der Waals surface area contributed by atoms with Crippen molar-refractivity contribution in [1.82, 2.24) is 10.3 Å². The van der Waals surface area contributed by atoms with Crippen molar-refractivity contribution < 1.29 is 22.3 Å². The van der Waals surface area contributed by atoms with Gasteiger partial charge in [-0.25, -0.2) is 17.8 Å². The van der Waals surface area contributed by atoms with Crippen molar-refractivity contribution >= 4 is 27.6 Å². The van der Waals surface area contributed by atoms with Crippen molar-refractivity contribution in [3.8, 4) is 0 Å². The number of carbonyl (C=O) groups excluding carboxylic acids is 1. The highest BCUT2D eigenvalue weighted by Crippen LogP contribution is 2.39. The second-order valence-electron chi connectivity index (χ2n) is 10.4. The Morgan fingerprint density at radius 3 is 2.46 bits per heavy atom. The minimum atomic E-state index is -3.66. The molecule has 1 aromatic carbocycles. The molecule has 0 bridgehead atoms. The van der Waals surface area contributed by atoms with Crippen LogP contribution >= 0.6 is 0 Å². The molecule has 39 heavy (non-hydrogen) atoms. The van der Waals surface area contributed by atoms with Gasteiger partial charge in [0.05, 0.1) is 24.9 Å². The van der Waals surface area contributed by atoms with E-state index in [1.165, 1.54) is 10.4 Å². The van der Waals surface area contributed by atoms with Gasteiger partial charge >= 0.3 is 0 Å². The van der Waals surface area contributed by atoms with E-state index in [2.05, 4.69) is 12.2 Å². The zero-order valence-corrected chi connectivity index (χ0v) is 24.2. The number of amides is 1. The molecule has 216 valence electrons. The summed E-state index contributed by atoms with van der Waals surface area (Å²) in [6.45, 7) is 5.19. The van der Waals surface area contributed by atoms with E-state index in [0.29, 0.717) is 43.6 Å². The Morgan fingerprint density at radius 1 is 1.23 bits per heavy atom. The lowest BCUT2D eigenvalue weighted by molar-refractivity contribution is 0.0928. The molecule has 4 atom stereocenters. The van der Waals surface area contributed by atoms with Gasteiger partial charge < -0.3 is 20.7 Å². The van der Waals surface area contributed by atoms with Crippen LogP contribution in [0.1, 0.15) is 42.6 Å². The number of carbonyl (C=O) groups is 1. The van der Waals surface area contributed by atoms with Crippen molar-refractivity contribution in [2.24, 2.45) is 17.6 Å².